The van der Waals surface area contributed by atoms with Crippen molar-refractivity contribution in [3.8, 4) is 5.75 Å². The van der Waals surface area contributed by atoms with Crippen molar-refractivity contribution in [2.45, 2.75) is 89.9 Å². The molecule has 0 aliphatic heterocycles. The summed E-state index contributed by atoms with van der Waals surface area (Å²) in [6, 6.07) is 3.63. The van der Waals surface area contributed by atoms with Crippen LogP contribution in [0.3, 0.4) is 0 Å². The molecule has 6 rings (SSSR count). The molecule has 232 valence electrons. The number of aromatic hydroxyl groups is 1. The number of aliphatic carboxylic acids is 1. The molecule has 8 unspecified atom stereocenters. The van der Waals surface area contributed by atoms with E-state index in [4.69, 9.17) is 4.84 Å². The third-order valence-corrected chi connectivity index (χ3v) is 11.7. The molecule has 4 aliphatic carbocycles. The van der Waals surface area contributed by atoms with Gasteiger partial charge < -0.3 is 35.6 Å². The highest BCUT2D eigenvalue weighted by atomic mass is 16.6. The lowest BCUT2D eigenvalue weighted by Gasteiger charge is -2.60. The number of aliphatic hydroxyl groups is 2. The molecule has 1 heterocycles. The average molecular weight is 594 g/mol. The van der Waals surface area contributed by atoms with Crippen LogP contribution in [0.1, 0.15) is 71.3 Å². The van der Waals surface area contributed by atoms with Crippen molar-refractivity contribution in [1.82, 2.24) is 10.3 Å². The molecule has 0 bridgehead atoms. The Labute approximate surface area is 251 Å². The minimum atomic E-state index is -1.18. The van der Waals surface area contributed by atoms with Gasteiger partial charge in [-0.3, -0.25) is 4.79 Å². The molecule has 0 spiro atoms. The number of H-pyrrole nitrogens is 1. The van der Waals surface area contributed by atoms with Crippen LogP contribution in [-0.4, -0.2) is 67.4 Å². The highest BCUT2D eigenvalue weighted by Crippen LogP contribution is 2.67. The van der Waals surface area contributed by atoms with E-state index in [9.17, 15) is 30.0 Å². The highest BCUT2D eigenvalue weighted by molar-refractivity contribution is 5.96. The number of aliphatic hydroxyl groups excluding tert-OH is 1. The van der Waals surface area contributed by atoms with Gasteiger partial charge in [0.25, 0.3) is 5.91 Å². The van der Waals surface area contributed by atoms with Gasteiger partial charge in [-0.05, 0) is 105 Å². The second-order valence-corrected chi connectivity index (χ2v) is 14.0. The molecular weight excluding hydrogens is 550 g/mol. The number of fused-ring (bicyclic) bond motifs is 6. The largest absolute Gasteiger partial charge is 0.508 e. The third kappa shape index (κ3) is 5.02. The fourth-order valence-corrected chi connectivity index (χ4v) is 9.16. The molecule has 1 aromatic heterocycles. The molecule has 3 fully saturated rings. The van der Waals surface area contributed by atoms with Crippen LogP contribution in [0, 0.1) is 28.6 Å². The Hall–Kier alpha value is -3.37. The van der Waals surface area contributed by atoms with Crippen molar-refractivity contribution < 1.29 is 34.9 Å². The van der Waals surface area contributed by atoms with Crippen LogP contribution >= 0.6 is 0 Å². The number of nitrogens with one attached hydrogen (secondary N) is 2. The fraction of sp³-hybridized carbons (Fsp3) is 0.606. The number of rotatable bonds is 7. The van der Waals surface area contributed by atoms with Crippen LogP contribution in [0.2, 0.25) is 0 Å². The molecule has 10 heteroatoms. The van der Waals surface area contributed by atoms with Crippen LogP contribution in [0.15, 0.2) is 41.2 Å². The summed E-state index contributed by atoms with van der Waals surface area (Å²) in [7, 11) is 0. The average Bonchev–Trinajstić information content (AvgIpc) is 3.44. The van der Waals surface area contributed by atoms with Gasteiger partial charge in [-0.1, -0.05) is 24.6 Å². The van der Waals surface area contributed by atoms with Gasteiger partial charge in [-0.2, -0.15) is 0 Å². The minimum absolute atomic E-state index is 0.0370. The van der Waals surface area contributed by atoms with Crippen molar-refractivity contribution >= 4 is 28.5 Å². The Morgan fingerprint density at radius 2 is 1.98 bits per heavy atom. The fourth-order valence-electron chi connectivity index (χ4n) is 9.16. The number of nitrogens with zero attached hydrogens (tertiary/aromatic N) is 1. The van der Waals surface area contributed by atoms with E-state index in [1.54, 1.807) is 24.4 Å². The normalized spacial score (nSPS) is 36.8. The molecule has 1 amide bonds. The molecule has 1 aromatic carbocycles. The summed E-state index contributed by atoms with van der Waals surface area (Å²) in [6.45, 7) is 5.97. The summed E-state index contributed by atoms with van der Waals surface area (Å²) >= 11 is 0. The SMILES string of the molecule is CC12CCC(=NOCC(=O)NC(Cc3c[nH]c4ccc(O)cc34)C(=O)O)C=C1CCC1C2C(O)CC2(C)C1CCC2(C)O. The number of aromatic amines is 1. The number of phenolic OH excluding ortho intramolecular Hbond substituents is 1. The summed E-state index contributed by atoms with van der Waals surface area (Å²) < 4.78 is 0. The van der Waals surface area contributed by atoms with E-state index >= 15 is 0 Å². The van der Waals surface area contributed by atoms with Gasteiger partial charge in [0.2, 0.25) is 0 Å². The molecule has 2 aromatic rings. The van der Waals surface area contributed by atoms with Crippen molar-refractivity contribution in [2.75, 3.05) is 6.61 Å². The maximum atomic E-state index is 12.6. The number of oxime groups is 1. The second kappa shape index (κ2) is 10.7. The Bertz CT molecular complexity index is 1490. The van der Waals surface area contributed by atoms with E-state index in [2.05, 4.69) is 35.4 Å². The van der Waals surface area contributed by atoms with E-state index in [0.717, 1.165) is 43.3 Å². The number of allylic oxidation sites excluding steroid dienone is 2. The van der Waals surface area contributed by atoms with Crippen molar-refractivity contribution in [2.24, 2.45) is 33.7 Å². The van der Waals surface area contributed by atoms with E-state index in [1.165, 1.54) is 5.57 Å². The number of hydrogen-bond donors (Lipinski definition) is 6. The van der Waals surface area contributed by atoms with Crippen molar-refractivity contribution in [1.29, 1.82) is 0 Å². The molecule has 43 heavy (non-hydrogen) atoms. The first-order chi connectivity index (χ1) is 20.3. The molecule has 3 saturated carbocycles. The monoisotopic (exact) mass is 593 g/mol. The second-order valence-electron chi connectivity index (χ2n) is 14.0. The van der Waals surface area contributed by atoms with Gasteiger partial charge in [-0.15, -0.1) is 0 Å². The third-order valence-electron chi connectivity index (χ3n) is 11.7. The van der Waals surface area contributed by atoms with Crippen LogP contribution in [0.4, 0.5) is 0 Å². The maximum Gasteiger partial charge on any atom is 0.326 e. The van der Waals surface area contributed by atoms with Gasteiger partial charge in [-0.25, -0.2) is 4.79 Å². The van der Waals surface area contributed by atoms with Crippen LogP contribution < -0.4 is 5.32 Å². The Morgan fingerprint density at radius 3 is 2.74 bits per heavy atom. The first-order valence-corrected chi connectivity index (χ1v) is 15.4. The first-order valence-electron chi connectivity index (χ1n) is 15.4. The number of aromatic nitrogens is 1. The Morgan fingerprint density at radius 1 is 1.19 bits per heavy atom. The van der Waals surface area contributed by atoms with Crippen LogP contribution in [0.25, 0.3) is 10.9 Å². The molecule has 6 N–H and O–H groups in total. The molecular formula is C33H43N3O7. The van der Waals surface area contributed by atoms with Crippen LogP contribution in [0.5, 0.6) is 5.75 Å². The number of carboxylic acid groups (broad SMARTS) is 1. The zero-order chi connectivity index (χ0) is 30.7. The van der Waals surface area contributed by atoms with Gasteiger partial charge in [0.1, 0.15) is 11.8 Å². The number of carboxylic acids is 1. The number of carbonyl (C=O) groups is 2. The molecule has 8 atom stereocenters. The lowest BCUT2D eigenvalue weighted by Crippen LogP contribution is -2.59. The zero-order valence-corrected chi connectivity index (χ0v) is 25.1. The Kier molecular flexibility index (Phi) is 7.36. The van der Waals surface area contributed by atoms with Gasteiger partial charge >= 0.3 is 5.97 Å². The number of benzene rings is 1. The topological polar surface area (TPSA) is 164 Å². The van der Waals surface area contributed by atoms with Gasteiger partial charge in [0.15, 0.2) is 6.61 Å². The van der Waals surface area contributed by atoms with Crippen molar-refractivity contribution in [3.05, 3.63) is 41.6 Å². The maximum absolute atomic E-state index is 12.6. The summed E-state index contributed by atoms with van der Waals surface area (Å²) in [6.07, 6.45) is 9.07. The number of phenols is 1. The number of carbonyl (C=O) groups excluding carboxylic acids is 1. The van der Waals surface area contributed by atoms with E-state index in [0.29, 0.717) is 35.6 Å². The lowest BCUT2D eigenvalue weighted by molar-refractivity contribution is -0.164. The minimum Gasteiger partial charge on any atom is -0.508 e. The zero-order valence-electron chi connectivity index (χ0n) is 25.1. The predicted molar refractivity (Wildman–Crippen MR) is 160 cm³/mol. The Balaban J connectivity index is 1.09. The highest BCUT2D eigenvalue weighted by Gasteiger charge is 2.64. The van der Waals surface area contributed by atoms with E-state index in [1.807, 2.05) is 6.92 Å². The van der Waals surface area contributed by atoms with Gasteiger partial charge in [0.05, 0.1) is 17.4 Å². The first kappa shape index (κ1) is 29.7. The summed E-state index contributed by atoms with van der Waals surface area (Å²) in [5.74, 6) is -0.767. The van der Waals surface area contributed by atoms with Gasteiger partial charge in [0, 0.05) is 28.9 Å². The van der Waals surface area contributed by atoms with E-state index < -0.39 is 36.2 Å². The number of hydrogen-bond acceptors (Lipinski definition) is 7. The lowest BCUT2D eigenvalue weighted by atomic mass is 9.45. The molecule has 10 nitrogen and oxygen atoms in total. The van der Waals surface area contributed by atoms with E-state index in [-0.39, 0.29) is 28.9 Å². The molecule has 0 radical (unpaired) electrons. The van der Waals surface area contributed by atoms with Crippen LogP contribution in [-0.2, 0) is 20.8 Å². The smallest absolute Gasteiger partial charge is 0.326 e. The standard InChI is InChI=1S/C33H43N3O7/c1-31-10-8-20(13-19(31)4-6-22-24-9-11-33(3,42)32(24,2)15-27(38)29(22)31)36-43-17-28(39)35-26(30(40)41)12-18-16-34-25-7-5-21(37)14-23(18)25/h5,7,13-14,16,22,24,26-27,29,34,37-38,42H,4,6,8-12,15,17H2,1-3H3,(H,35,39)(H,40,41). The quantitative estimate of drug-likeness (QED) is 0.264. The number of amides is 1. The van der Waals surface area contributed by atoms with Crippen molar-refractivity contribution in [3.63, 3.8) is 0 Å². The summed E-state index contributed by atoms with van der Waals surface area (Å²) in [5.41, 5.74) is 2.26. The molecule has 4 aliphatic rings. The molecule has 0 saturated heterocycles. The summed E-state index contributed by atoms with van der Waals surface area (Å²) in [5, 5.41) is 49.6. The summed E-state index contributed by atoms with van der Waals surface area (Å²) in [4.78, 5) is 32.9. The predicted octanol–water partition coefficient (Wildman–Crippen LogP) is 4.04.